The summed E-state index contributed by atoms with van der Waals surface area (Å²) in [5, 5.41) is 0. The van der Waals surface area contributed by atoms with Crippen molar-refractivity contribution >= 4 is 14.4 Å². The van der Waals surface area contributed by atoms with Gasteiger partial charge in [0.2, 0.25) is 0 Å². The van der Waals surface area contributed by atoms with Crippen molar-refractivity contribution < 1.29 is 46.1 Å². The number of halogens is 2. The predicted octanol–water partition coefficient (Wildman–Crippen LogP) is 0.921. The second-order valence-electron chi connectivity index (χ2n) is 7.68. The Hall–Kier alpha value is -0.747. The predicted molar refractivity (Wildman–Crippen MR) is 111 cm³/mol. The minimum Gasteiger partial charge on any atom is -1.00 e. The van der Waals surface area contributed by atoms with Gasteiger partial charge in [-0.3, -0.25) is 0 Å². The maximum Gasteiger partial charge on any atom is -1.00 e. The molecule has 28 heavy (non-hydrogen) atoms. The molecule has 2 atom stereocenters. The molecule has 0 saturated carbocycles. The molecule has 0 nitrogen and oxygen atoms in total. The topological polar surface area (TPSA) is 0 Å². The maximum absolute atomic E-state index is 2.65. The fraction of sp³-hybridized carbons (Fsp3) is 0.320. The molecule has 0 spiro atoms. The van der Waals surface area contributed by atoms with Crippen LogP contribution in [0.15, 0.2) is 60.7 Å². The molecule has 146 valence electrons. The number of rotatable bonds is 4. The van der Waals surface area contributed by atoms with Gasteiger partial charge >= 0.3 is 166 Å². The van der Waals surface area contributed by atoms with E-state index in [1.54, 1.807) is 25.5 Å². The van der Waals surface area contributed by atoms with Gasteiger partial charge < -0.3 is 24.8 Å². The van der Waals surface area contributed by atoms with Crippen LogP contribution >= 0.6 is 0 Å². The van der Waals surface area contributed by atoms with Crippen LogP contribution in [0.1, 0.15) is 70.0 Å². The van der Waals surface area contributed by atoms with Crippen molar-refractivity contribution in [3.8, 4) is 0 Å². The standard InChI is InChI=1S/2C11H11.C3H6.2ClH.Zr/c2*1-2-9-7-8-10-5-3-4-6-11(9)10;1-3-2;;;/h2*3-8H,2H2,1H3;1-2H3;2*1H;/q;;;;;+2/p-2. The molecule has 2 aromatic rings. The van der Waals surface area contributed by atoms with Crippen molar-refractivity contribution in [1.82, 2.24) is 0 Å². The molecule has 2 aromatic carbocycles. The largest absolute Gasteiger partial charge is 1.00 e. The van der Waals surface area contributed by atoms with Crippen LogP contribution in [0.5, 0.6) is 0 Å². The van der Waals surface area contributed by atoms with Gasteiger partial charge in [0.05, 0.1) is 0 Å². The van der Waals surface area contributed by atoms with Crippen LogP contribution in [0.4, 0.5) is 0 Å². The number of hydrogen-bond acceptors (Lipinski definition) is 0. The molecule has 0 fully saturated rings. The summed E-state index contributed by atoms with van der Waals surface area (Å²) >= 11 is -1.95. The molecule has 0 N–H and O–H groups in total. The van der Waals surface area contributed by atoms with Gasteiger partial charge in [0.1, 0.15) is 0 Å². The Kier molecular flexibility index (Phi) is 8.27. The van der Waals surface area contributed by atoms with Gasteiger partial charge in [-0.25, -0.2) is 0 Å². The van der Waals surface area contributed by atoms with E-state index in [4.69, 9.17) is 0 Å². The van der Waals surface area contributed by atoms with Crippen LogP contribution < -0.4 is 24.8 Å². The van der Waals surface area contributed by atoms with E-state index < -0.39 is 21.3 Å². The summed E-state index contributed by atoms with van der Waals surface area (Å²) in [6.45, 7) is 9.43. The number of fused-ring (bicyclic) bond motifs is 2. The van der Waals surface area contributed by atoms with Gasteiger partial charge in [0.15, 0.2) is 0 Å². The van der Waals surface area contributed by atoms with Gasteiger partial charge in [0.25, 0.3) is 0 Å². The molecule has 0 aromatic heterocycles. The summed E-state index contributed by atoms with van der Waals surface area (Å²) in [6, 6.07) is 18.4. The van der Waals surface area contributed by atoms with E-state index in [0.717, 1.165) is 12.8 Å². The smallest absolute Gasteiger partial charge is 1.00 e. The molecule has 4 rings (SSSR count). The summed E-state index contributed by atoms with van der Waals surface area (Å²) in [5.41, 5.74) is 9.38. The molecule has 0 heterocycles. The monoisotopic (exact) mass is 488 g/mol. The summed E-state index contributed by atoms with van der Waals surface area (Å²) in [4.78, 5) is 0. The molecule has 2 aliphatic rings. The van der Waals surface area contributed by atoms with E-state index in [0.29, 0.717) is 7.25 Å². The number of benzene rings is 2. The Morgan fingerprint density at radius 3 is 1.46 bits per heavy atom. The first-order valence-corrected chi connectivity index (χ1v) is 14.0. The molecule has 0 amide bonds. The summed E-state index contributed by atoms with van der Waals surface area (Å²) in [6.07, 6.45) is 7.58. The van der Waals surface area contributed by atoms with Gasteiger partial charge in [-0.05, 0) is 0 Å². The summed E-state index contributed by atoms with van der Waals surface area (Å²) in [5.74, 6) is 0. The Labute approximate surface area is 190 Å². The zero-order valence-electron chi connectivity index (χ0n) is 17.1. The second kappa shape index (κ2) is 9.84. The third kappa shape index (κ3) is 3.96. The molecule has 0 radical (unpaired) electrons. The van der Waals surface area contributed by atoms with E-state index in [-0.39, 0.29) is 24.8 Å². The number of allylic oxidation sites excluding steroid dienone is 4. The zero-order valence-corrected chi connectivity index (χ0v) is 21.1. The third-order valence-electron chi connectivity index (χ3n) is 6.03. The van der Waals surface area contributed by atoms with Crippen molar-refractivity contribution in [2.75, 3.05) is 0 Å². The third-order valence-corrected chi connectivity index (χ3v) is 14.5. The maximum atomic E-state index is 2.65. The Morgan fingerprint density at radius 1 is 0.714 bits per heavy atom. The van der Waals surface area contributed by atoms with Gasteiger partial charge in [-0.2, -0.15) is 0 Å². The second-order valence-corrected chi connectivity index (χ2v) is 15.4. The zero-order chi connectivity index (χ0) is 18.3. The Bertz CT molecular complexity index is 877. The Morgan fingerprint density at radius 2 is 1.11 bits per heavy atom. The van der Waals surface area contributed by atoms with Gasteiger partial charge in [-0.15, -0.1) is 0 Å². The first-order chi connectivity index (χ1) is 12.7. The van der Waals surface area contributed by atoms with E-state index in [9.17, 15) is 0 Å². The fourth-order valence-electron chi connectivity index (χ4n) is 4.83. The Balaban J connectivity index is 0.00000140. The van der Waals surface area contributed by atoms with Crippen LogP contribution in [0.25, 0.3) is 11.1 Å². The van der Waals surface area contributed by atoms with Crippen LogP contribution in [0, 0.1) is 0 Å². The fourth-order valence-corrected chi connectivity index (χ4v) is 13.6. The van der Waals surface area contributed by atoms with Crippen molar-refractivity contribution in [2.45, 2.75) is 47.8 Å². The average Bonchev–Trinajstić information content (AvgIpc) is 3.21. The van der Waals surface area contributed by atoms with E-state index in [1.807, 2.05) is 0 Å². The summed E-state index contributed by atoms with van der Waals surface area (Å²) in [7, 11) is 0. The van der Waals surface area contributed by atoms with Crippen LogP contribution in [-0.4, -0.2) is 3.21 Å². The minimum absolute atomic E-state index is 0. The van der Waals surface area contributed by atoms with Crippen molar-refractivity contribution in [3.05, 3.63) is 82.9 Å². The molecule has 0 bridgehead atoms. The van der Waals surface area contributed by atoms with Crippen LogP contribution in [0.2, 0.25) is 0 Å². The van der Waals surface area contributed by atoms with E-state index in [2.05, 4.69) is 88.4 Å². The molecule has 2 aliphatic carbocycles. The molecular formula is C25H28Cl2Zr. The van der Waals surface area contributed by atoms with Crippen molar-refractivity contribution in [2.24, 2.45) is 0 Å². The summed E-state index contributed by atoms with van der Waals surface area (Å²) < 4.78 is 3.09. The van der Waals surface area contributed by atoms with Crippen LogP contribution in [0.3, 0.4) is 0 Å². The molecular weight excluding hydrogens is 462 g/mol. The quantitative estimate of drug-likeness (QED) is 0.598. The molecule has 0 aliphatic heterocycles. The normalized spacial score (nSPS) is 18.5. The first-order valence-electron chi connectivity index (χ1n) is 9.92. The average molecular weight is 491 g/mol. The van der Waals surface area contributed by atoms with Crippen LogP contribution in [-0.2, 0) is 21.3 Å². The molecule has 0 saturated heterocycles. The van der Waals surface area contributed by atoms with Crippen molar-refractivity contribution in [1.29, 1.82) is 0 Å². The van der Waals surface area contributed by atoms with Gasteiger partial charge in [-0.1, -0.05) is 0 Å². The van der Waals surface area contributed by atoms with Gasteiger partial charge in [0, 0.05) is 0 Å². The van der Waals surface area contributed by atoms with E-state index >= 15 is 0 Å². The van der Waals surface area contributed by atoms with E-state index in [1.165, 1.54) is 11.1 Å². The number of hydrogen-bond donors (Lipinski definition) is 0. The SMILES string of the molecule is CCC1=C[CH]([Zr+2](=[C](C)C)[CH]2C=C(CC)c3ccccc32)c2ccccc21.[Cl-].[Cl-]. The molecule has 3 heteroatoms. The van der Waals surface area contributed by atoms with Crippen molar-refractivity contribution in [3.63, 3.8) is 0 Å². The first kappa shape index (κ1) is 23.5. The minimum atomic E-state index is -1.95. The molecule has 2 unspecified atom stereocenters.